The Morgan fingerprint density at radius 1 is 1.03 bits per heavy atom. The third kappa shape index (κ3) is 4.04. The number of nitrogens with zero attached hydrogens (tertiary/aromatic N) is 1. The summed E-state index contributed by atoms with van der Waals surface area (Å²) in [6.07, 6.45) is 0.742. The van der Waals surface area contributed by atoms with Gasteiger partial charge in [0.2, 0.25) is 5.91 Å². The van der Waals surface area contributed by atoms with Gasteiger partial charge in [-0.05, 0) is 66.4 Å². The molecule has 2 atom stereocenters. The Balaban J connectivity index is 1.77. The SMILES string of the molecule is COc1ccccc1N[C@H]1C[C@@H](C)N(C(C)=O)c2ccc(-c3ccc(C(=O)O)cc3)cc21. The number of carboxylic acid groups (broad SMARTS) is 1. The normalized spacial score (nSPS) is 17.4. The van der Waals surface area contributed by atoms with Gasteiger partial charge >= 0.3 is 5.97 Å². The van der Waals surface area contributed by atoms with Crippen LogP contribution in [0, 0.1) is 0 Å². The van der Waals surface area contributed by atoms with Crippen LogP contribution >= 0.6 is 0 Å². The van der Waals surface area contributed by atoms with Gasteiger partial charge in [0.05, 0.1) is 24.4 Å². The van der Waals surface area contributed by atoms with E-state index in [9.17, 15) is 14.7 Å². The molecule has 2 N–H and O–H groups in total. The van der Waals surface area contributed by atoms with E-state index in [4.69, 9.17) is 4.74 Å². The van der Waals surface area contributed by atoms with E-state index in [1.807, 2.05) is 53.4 Å². The molecule has 0 aromatic heterocycles. The summed E-state index contributed by atoms with van der Waals surface area (Å²) in [6, 6.07) is 20.6. The second-order valence-corrected chi connectivity index (χ2v) is 8.03. The smallest absolute Gasteiger partial charge is 0.335 e. The lowest BCUT2D eigenvalue weighted by Crippen LogP contribution is -2.43. The molecule has 0 fully saturated rings. The number of anilines is 2. The molecule has 0 unspecified atom stereocenters. The van der Waals surface area contributed by atoms with Gasteiger partial charge in [-0.15, -0.1) is 0 Å². The monoisotopic (exact) mass is 430 g/mol. The molecule has 0 aliphatic carbocycles. The first kappa shape index (κ1) is 21.4. The highest BCUT2D eigenvalue weighted by atomic mass is 16.5. The maximum absolute atomic E-state index is 12.4. The van der Waals surface area contributed by atoms with Crippen LogP contribution in [0.25, 0.3) is 11.1 Å². The number of para-hydroxylation sites is 2. The van der Waals surface area contributed by atoms with Crippen LogP contribution in [0.4, 0.5) is 11.4 Å². The molecular weight excluding hydrogens is 404 g/mol. The van der Waals surface area contributed by atoms with Crippen molar-refractivity contribution in [3.63, 3.8) is 0 Å². The number of methoxy groups -OCH3 is 1. The molecule has 3 aromatic rings. The minimum atomic E-state index is -0.950. The molecule has 32 heavy (non-hydrogen) atoms. The number of rotatable bonds is 5. The Morgan fingerprint density at radius 2 is 1.72 bits per heavy atom. The molecule has 0 radical (unpaired) electrons. The maximum Gasteiger partial charge on any atom is 0.335 e. The van der Waals surface area contributed by atoms with Gasteiger partial charge in [-0.1, -0.05) is 30.3 Å². The molecule has 6 nitrogen and oxygen atoms in total. The van der Waals surface area contributed by atoms with Gasteiger partial charge in [0, 0.05) is 18.7 Å². The van der Waals surface area contributed by atoms with Crippen molar-refractivity contribution in [3.8, 4) is 16.9 Å². The largest absolute Gasteiger partial charge is 0.495 e. The number of benzene rings is 3. The zero-order chi connectivity index (χ0) is 22.8. The minimum absolute atomic E-state index is 0.00746. The van der Waals surface area contributed by atoms with Crippen molar-refractivity contribution in [2.75, 3.05) is 17.3 Å². The average Bonchev–Trinajstić information content (AvgIpc) is 2.79. The number of hydrogen-bond acceptors (Lipinski definition) is 4. The summed E-state index contributed by atoms with van der Waals surface area (Å²) in [5.74, 6) is -0.182. The maximum atomic E-state index is 12.4. The fraction of sp³-hybridized carbons (Fsp3) is 0.231. The van der Waals surface area contributed by atoms with Crippen molar-refractivity contribution in [1.82, 2.24) is 0 Å². The standard InChI is InChI=1S/C26H26N2O4/c1-16-14-23(27-22-6-4-5-7-25(22)32-3)21-15-20(12-13-24(21)28(16)17(2)29)18-8-10-19(11-9-18)26(30)31/h4-13,15-16,23,27H,14H2,1-3H3,(H,30,31)/t16-,23+/m1/s1. The predicted octanol–water partition coefficient (Wildman–Crippen LogP) is 5.36. The molecule has 1 aliphatic rings. The van der Waals surface area contributed by atoms with Crippen LogP contribution in [0.15, 0.2) is 66.7 Å². The van der Waals surface area contributed by atoms with Gasteiger partial charge in [-0.3, -0.25) is 4.79 Å². The summed E-state index contributed by atoms with van der Waals surface area (Å²) in [4.78, 5) is 25.4. The number of carboxylic acids is 1. The van der Waals surface area contributed by atoms with Gasteiger partial charge in [0.1, 0.15) is 5.75 Å². The number of carbonyl (C=O) groups excluding carboxylic acids is 1. The van der Waals surface area contributed by atoms with Crippen molar-refractivity contribution < 1.29 is 19.4 Å². The molecule has 0 saturated carbocycles. The molecule has 0 bridgehead atoms. The molecule has 1 amide bonds. The number of amides is 1. The highest BCUT2D eigenvalue weighted by Crippen LogP contribution is 2.42. The number of aromatic carboxylic acids is 1. The van der Waals surface area contributed by atoms with Gasteiger partial charge < -0.3 is 20.1 Å². The lowest BCUT2D eigenvalue weighted by atomic mass is 9.88. The molecule has 164 valence electrons. The fourth-order valence-electron chi connectivity index (χ4n) is 4.42. The van der Waals surface area contributed by atoms with Crippen LogP contribution in [-0.2, 0) is 4.79 Å². The van der Waals surface area contributed by atoms with Crippen LogP contribution < -0.4 is 15.0 Å². The van der Waals surface area contributed by atoms with E-state index in [1.54, 1.807) is 26.2 Å². The Bertz CT molecular complexity index is 1160. The molecule has 6 heteroatoms. The Hall–Kier alpha value is -3.80. The summed E-state index contributed by atoms with van der Waals surface area (Å²) in [6.45, 7) is 3.65. The van der Waals surface area contributed by atoms with Crippen LogP contribution in [0.3, 0.4) is 0 Å². The molecule has 0 saturated heterocycles. The van der Waals surface area contributed by atoms with Crippen molar-refractivity contribution in [1.29, 1.82) is 0 Å². The van der Waals surface area contributed by atoms with E-state index in [1.165, 1.54) is 0 Å². The minimum Gasteiger partial charge on any atom is -0.495 e. The first-order chi connectivity index (χ1) is 15.4. The quantitative estimate of drug-likeness (QED) is 0.570. The Kier molecular flexibility index (Phi) is 5.86. The van der Waals surface area contributed by atoms with Crippen LogP contribution in [0.5, 0.6) is 5.75 Å². The molecule has 3 aromatic carbocycles. The molecule has 4 rings (SSSR count). The first-order valence-corrected chi connectivity index (χ1v) is 10.6. The van der Waals surface area contributed by atoms with Crippen LogP contribution in [0.1, 0.15) is 42.2 Å². The zero-order valence-electron chi connectivity index (χ0n) is 18.3. The summed E-state index contributed by atoms with van der Waals surface area (Å²) in [7, 11) is 1.65. The third-order valence-corrected chi connectivity index (χ3v) is 5.92. The van der Waals surface area contributed by atoms with Crippen LogP contribution in [0.2, 0.25) is 0 Å². The van der Waals surface area contributed by atoms with Crippen molar-refractivity contribution in [2.24, 2.45) is 0 Å². The summed E-state index contributed by atoms with van der Waals surface area (Å²) in [5.41, 5.74) is 4.93. The lowest BCUT2D eigenvalue weighted by Gasteiger charge is -2.40. The number of carbonyl (C=O) groups is 2. The second-order valence-electron chi connectivity index (χ2n) is 8.03. The molecule has 0 spiro atoms. The van der Waals surface area contributed by atoms with Gasteiger partial charge in [0.25, 0.3) is 0 Å². The van der Waals surface area contributed by atoms with Crippen LogP contribution in [-0.4, -0.2) is 30.1 Å². The topological polar surface area (TPSA) is 78.9 Å². The van der Waals surface area contributed by atoms with Gasteiger partial charge in [-0.25, -0.2) is 4.79 Å². The number of nitrogens with one attached hydrogen (secondary N) is 1. The lowest BCUT2D eigenvalue weighted by molar-refractivity contribution is -0.117. The van der Waals surface area contributed by atoms with E-state index in [-0.39, 0.29) is 23.6 Å². The molecule has 1 aliphatic heterocycles. The van der Waals surface area contributed by atoms with Crippen molar-refractivity contribution in [3.05, 3.63) is 77.9 Å². The predicted molar refractivity (Wildman–Crippen MR) is 125 cm³/mol. The van der Waals surface area contributed by atoms with E-state index in [2.05, 4.69) is 18.3 Å². The molecule has 1 heterocycles. The third-order valence-electron chi connectivity index (χ3n) is 5.92. The van der Waals surface area contributed by atoms with E-state index < -0.39 is 5.97 Å². The number of hydrogen-bond donors (Lipinski definition) is 2. The Labute approximate surface area is 187 Å². The zero-order valence-corrected chi connectivity index (χ0v) is 18.3. The molecular formula is C26H26N2O4. The number of fused-ring (bicyclic) bond motifs is 1. The first-order valence-electron chi connectivity index (χ1n) is 10.6. The summed E-state index contributed by atoms with van der Waals surface area (Å²) >= 11 is 0. The second kappa shape index (κ2) is 8.75. The van der Waals surface area contributed by atoms with E-state index in [0.29, 0.717) is 0 Å². The summed E-state index contributed by atoms with van der Waals surface area (Å²) < 4.78 is 5.51. The summed E-state index contributed by atoms with van der Waals surface area (Å²) in [5, 5.41) is 12.8. The highest BCUT2D eigenvalue weighted by Gasteiger charge is 2.33. The van der Waals surface area contributed by atoms with E-state index in [0.717, 1.165) is 40.2 Å². The van der Waals surface area contributed by atoms with Gasteiger partial charge in [-0.2, -0.15) is 0 Å². The highest BCUT2D eigenvalue weighted by molar-refractivity contribution is 5.94. The van der Waals surface area contributed by atoms with Crippen molar-refractivity contribution in [2.45, 2.75) is 32.4 Å². The van der Waals surface area contributed by atoms with Gasteiger partial charge in [0.15, 0.2) is 0 Å². The van der Waals surface area contributed by atoms with E-state index >= 15 is 0 Å². The van der Waals surface area contributed by atoms with Crippen molar-refractivity contribution >= 4 is 23.3 Å². The Morgan fingerprint density at radius 3 is 2.38 bits per heavy atom. The fourth-order valence-corrected chi connectivity index (χ4v) is 4.42. The average molecular weight is 431 g/mol. The number of ether oxygens (including phenoxy) is 1.